The first-order valence-electron chi connectivity index (χ1n) is 15.4. The fourth-order valence-electron chi connectivity index (χ4n) is 6.54. The van der Waals surface area contributed by atoms with Crippen molar-refractivity contribution < 1.29 is 4.74 Å². The van der Waals surface area contributed by atoms with Crippen molar-refractivity contribution in [1.29, 1.82) is 0 Å². The lowest BCUT2D eigenvalue weighted by Crippen LogP contribution is -2.27. The lowest BCUT2D eigenvalue weighted by Gasteiger charge is -2.27. The van der Waals surface area contributed by atoms with Crippen LogP contribution in [0.4, 0.5) is 0 Å². The molecule has 2 rings (SSSR count). The average molecular weight is 449 g/mol. The Morgan fingerprint density at radius 2 is 1.06 bits per heavy atom. The molecule has 0 N–H and O–H groups in total. The highest BCUT2D eigenvalue weighted by Gasteiger charge is 2.45. The molecule has 2 aliphatic carbocycles. The summed E-state index contributed by atoms with van der Waals surface area (Å²) in [6.45, 7) is 5.70. The molecule has 190 valence electrons. The molecular weight excluding hydrogens is 388 g/mol. The molecule has 0 radical (unpaired) electrons. The normalized spacial score (nSPS) is 23.2. The molecule has 1 atom stereocenters. The second-order valence-electron chi connectivity index (χ2n) is 11.7. The zero-order valence-corrected chi connectivity index (χ0v) is 22.4. The van der Waals surface area contributed by atoms with Crippen LogP contribution in [0.15, 0.2) is 0 Å². The summed E-state index contributed by atoms with van der Waals surface area (Å²) in [5.41, 5.74) is 0.336. The van der Waals surface area contributed by atoms with Crippen molar-refractivity contribution in [1.82, 2.24) is 0 Å². The van der Waals surface area contributed by atoms with E-state index >= 15 is 0 Å². The van der Waals surface area contributed by atoms with Gasteiger partial charge in [0.05, 0.1) is 5.60 Å². The summed E-state index contributed by atoms with van der Waals surface area (Å²) in [6, 6.07) is 0. The summed E-state index contributed by atoms with van der Waals surface area (Å²) in [6.07, 6.45) is 36.0. The van der Waals surface area contributed by atoms with Gasteiger partial charge in [-0.3, -0.25) is 0 Å². The Morgan fingerprint density at radius 1 is 0.594 bits per heavy atom. The molecule has 2 bridgehead atoms. The van der Waals surface area contributed by atoms with Crippen molar-refractivity contribution in [2.75, 3.05) is 6.61 Å². The molecule has 1 nitrogen and oxygen atoms in total. The third-order valence-corrected chi connectivity index (χ3v) is 8.77. The van der Waals surface area contributed by atoms with Gasteiger partial charge in [-0.2, -0.15) is 0 Å². The van der Waals surface area contributed by atoms with Gasteiger partial charge in [0.15, 0.2) is 0 Å². The molecule has 1 unspecified atom stereocenters. The van der Waals surface area contributed by atoms with E-state index in [2.05, 4.69) is 13.8 Å². The van der Waals surface area contributed by atoms with E-state index in [1.165, 1.54) is 161 Å². The van der Waals surface area contributed by atoms with Crippen molar-refractivity contribution in [3.8, 4) is 0 Å². The van der Waals surface area contributed by atoms with Crippen molar-refractivity contribution in [3.63, 3.8) is 0 Å². The Labute approximate surface area is 203 Å². The van der Waals surface area contributed by atoms with Gasteiger partial charge in [-0.15, -0.1) is 0 Å². The summed E-state index contributed by atoms with van der Waals surface area (Å²) in [4.78, 5) is 0. The van der Waals surface area contributed by atoms with Gasteiger partial charge in [0.25, 0.3) is 0 Å². The van der Waals surface area contributed by atoms with Gasteiger partial charge in [-0.25, -0.2) is 0 Å². The standard InChI is InChI=1S/C31H60O/c1-3-5-7-8-9-10-11-12-13-14-15-17-21-29(20-6-4-2)22-18-16-19-27-32-31-25-23-30(28-31)24-26-31/h29-30H,3-28H2,1-2H3. The second kappa shape index (κ2) is 18.3. The van der Waals surface area contributed by atoms with Crippen LogP contribution in [0.3, 0.4) is 0 Å². The minimum Gasteiger partial charge on any atom is -0.375 e. The molecule has 2 saturated carbocycles. The molecule has 0 heterocycles. The van der Waals surface area contributed by atoms with Gasteiger partial charge in [-0.05, 0) is 50.4 Å². The maximum atomic E-state index is 6.40. The number of ether oxygens (including phenoxy) is 1. The summed E-state index contributed by atoms with van der Waals surface area (Å²) >= 11 is 0. The third kappa shape index (κ3) is 12.4. The largest absolute Gasteiger partial charge is 0.375 e. The lowest BCUT2D eigenvalue weighted by atomic mass is 9.90. The predicted molar refractivity (Wildman–Crippen MR) is 142 cm³/mol. The monoisotopic (exact) mass is 448 g/mol. The minimum absolute atomic E-state index is 0.336. The van der Waals surface area contributed by atoms with Crippen LogP contribution in [0.2, 0.25) is 0 Å². The van der Waals surface area contributed by atoms with Crippen LogP contribution in [0.5, 0.6) is 0 Å². The van der Waals surface area contributed by atoms with Crippen LogP contribution in [0, 0.1) is 11.8 Å². The molecule has 0 spiro atoms. The van der Waals surface area contributed by atoms with Crippen molar-refractivity contribution in [3.05, 3.63) is 0 Å². The molecule has 1 heteroatoms. The summed E-state index contributed by atoms with van der Waals surface area (Å²) in [5, 5.41) is 0. The van der Waals surface area contributed by atoms with E-state index in [-0.39, 0.29) is 0 Å². The fraction of sp³-hybridized carbons (Fsp3) is 1.00. The van der Waals surface area contributed by atoms with Gasteiger partial charge in [0.2, 0.25) is 0 Å². The van der Waals surface area contributed by atoms with Crippen LogP contribution in [0.25, 0.3) is 0 Å². The van der Waals surface area contributed by atoms with E-state index < -0.39 is 0 Å². The number of hydrogen-bond donors (Lipinski definition) is 0. The summed E-state index contributed by atoms with van der Waals surface area (Å²) < 4.78 is 6.40. The Bertz CT molecular complexity index is 409. The molecule has 0 aromatic rings. The van der Waals surface area contributed by atoms with Gasteiger partial charge >= 0.3 is 0 Å². The number of rotatable bonds is 23. The van der Waals surface area contributed by atoms with E-state index in [4.69, 9.17) is 4.74 Å². The smallest absolute Gasteiger partial charge is 0.0685 e. The predicted octanol–water partition coefficient (Wildman–Crippen LogP) is 10.8. The van der Waals surface area contributed by atoms with E-state index in [0.29, 0.717) is 5.60 Å². The second-order valence-corrected chi connectivity index (χ2v) is 11.7. The van der Waals surface area contributed by atoms with Crippen LogP contribution in [-0.2, 0) is 4.74 Å². The zero-order valence-electron chi connectivity index (χ0n) is 22.4. The van der Waals surface area contributed by atoms with E-state index in [0.717, 1.165) is 18.4 Å². The van der Waals surface area contributed by atoms with Crippen LogP contribution >= 0.6 is 0 Å². The van der Waals surface area contributed by atoms with Gasteiger partial charge < -0.3 is 4.74 Å². The molecule has 0 saturated heterocycles. The minimum atomic E-state index is 0.336. The van der Waals surface area contributed by atoms with Crippen LogP contribution in [0.1, 0.15) is 174 Å². The maximum absolute atomic E-state index is 6.40. The molecule has 2 aliphatic rings. The van der Waals surface area contributed by atoms with E-state index in [1.54, 1.807) is 0 Å². The molecule has 2 fully saturated rings. The third-order valence-electron chi connectivity index (χ3n) is 8.77. The number of hydrogen-bond acceptors (Lipinski definition) is 1. The van der Waals surface area contributed by atoms with Crippen LogP contribution in [-0.4, -0.2) is 12.2 Å². The average Bonchev–Trinajstić information content (AvgIpc) is 3.41. The Morgan fingerprint density at radius 3 is 1.56 bits per heavy atom. The highest BCUT2D eigenvalue weighted by atomic mass is 16.5. The summed E-state index contributed by atoms with van der Waals surface area (Å²) in [7, 11) is 0. The Balaban J connectivity index is 1.39. The zero-order chi connectivity index (χ0) is 22.7. The van der Waals surface area contributed by atoms with Crippen molar-refractivity contribution in [2.45, 2.75) is 180 Å². The molecule has 0 aromatic heterocycles. The Hall–Kier alpha value is -0.0400. The van der Waals surface area contributed by atoms with Crippen LogP contribution < -0.4 is 0 Å². The van der Waals surface area contributed by atoms with Gasteiger partial charge in [0.1, 0.15) is 0 Å². The number of unbranched alkanes of at least 4 members (excludes halogenated alkanes) is 14. The molecule has 0 aromatic carbocycles. The Kier molecular flexibility index (Phi) is 16.1. The molecular formula is C31H60O. The first-order chi connectivity index (χ1) is 15.8. The quantitative estimate of drug-likeness (QED) is 0.141. The fourth-order valence-corrected chi connectivity index (χ4v) is 6.54. The number of fused-ring (bicyclic) bond motifs is 2. The molecule has 0 aliphatic heterocycles. The van der Waals surface area contributed by atoms with E-state index in [9.17, 15) is 0 Å². The highest BCUT2D eigenvalue weighted by Crippen LogP contribution is 2.49. The van der Waals surface area contributed by atoms with E-state index in [1.807, 2.05) is 0 Å². The maximum Gasteiger partial charge on any atom is 0.0685 e. The molecule has 0 amide bonds. The van der Waals surface area contributed by atoms with Crippen molar-refractivity contribution in [2.24, 2.45) is 11.8 Å². The SMILES string of the molecule is CCCCCCCCCCCCCCC(CCCC)CCCCCOC12CCC(CC1)C2. The topological polar surface area (TPSA) is 9.23 Å². The van der Waals surface area contributed by atoms with Crippen molar-refractivity contribution >= 4 is 0 Å². The summed E-state index contributed by atoms with van der Waals surface area (Å²) in [5.74, 6) is 2.01. The van der Waals surface area contributed by atoms with Gasteiger partial charge in [0, 0.05) is 6.61 Å². The first-order valence-corrected chi connectivity index (χ1v) is 15.4. The lowest BCUT2D eigenvalue weighted by molar-refractivity contribution is -0.0388. The first kappa shape index (κ1) is 28.2. The van der Waals surface area contributed by atoms with Gasteiger partial charge in [-0.1, -0.05) is 136 Å². The molecule has 32 heavy (non-hydrogen) atoms. The highest BCUT2D eigenvalue weighted by molar-refractivity contribution is 4.97.